The summed E-state index contributed by atoms with van der Waals surface area (Å²) >= 11 is 0. The van der Waals surface area contributed by atoms with E-state index in [0.29, 0.717) is 6.10 Å². The molecule has 110 valence electrons. The van der Waals surface area contributed by atoms with Crippen molar-refractivity contribution in [1.82, 2.24) is 10.2 Å². The summed E-state index contributed by atoms with van der Waals surface area (Å²) in [6.45, 7) is 8.16. The Morgan fingerprint density at radius 2 is 2.00 bits per heavy atom. The third-order valence-electron chi connectivity index (χ3n) is 5.53. The van der Waals surface area contributed by atoms with E-state index in [4.69, 9.17) is 4.74 Å². The van der Waals surface area contributed by atoms with Gasteiger partial charge < -0.3 is 15.0 Å². The average Bonchev–Trinajstić information content (AvgIpc) is 2.86. The molecular formula is C16H30N2O. The van der Waals surface area contributed by atoms with E-state index in [0.717, 1.165) is 24.5 Å². The Morgan fingerprint density at radius 3 is 2.74 bits per heavy atom. The molecule has 3 aliphatic rings. The van der Waals surface area contributed by atoms with E-state index in [9.17, 15) is 0 Å². The van der Waals surface area contributed by atoms with Gasteiger partial charge in [0.1, 0.15) is 0 Å². The summed E-state index contributed by atoms with van der Waals surface area (Å²) in [7, 11) is 0. The Morgan fingerprint density at radius 1 is 1.16 bits per heavy atom. The predicted molar refractivity (Wildman–Crippen MR) is 78.3 cm³/mol. The molecule has 0 aromatic heterocycles. The summed E-state index contributed by atoms with van der Waals surface area (Å²) in [5.74, 6) is 1.71. The minimum absolute atomic E-state index is 0.475. The zero-order valence-electron chi connectivity index (χ0n) is 12.4. The van der Waals surface area contributed by atoms with E-state index in [1.165, 1.54) is 64.7 Å². The molecule has 0 aromatic carbocycles. The number of nitrogens with one attached hydrogen (secondary N) is 1. The first-order valence-corrected chi connectivity index (χ1v) is 8.40. The molecule has 0 bridgehead atoms. The normalized spacial score (nSPS) is 38.7. The highest BCUT2D eigenvalue weighted by Crippen LogP contribution is 2.28. The summed E-state index contributed by atoms with van der Waals surface area (Å²) in [4.78, 5) is 2.70. The highest BCUT2D eigenvalue weighted by Gasteiger charge is 2.31. The van der Waals surface area contributed by atoms with Gasteiger partial charge in [0.15, 0.2) is 0 Å². The average molecular weight is 266 g/mol. The van der Waals surface area contributed by atoms with Crippen LogP contribution in [0.4, 0.5) is 0 Å². The van der Waals surface area contributed by atoms with E-state index in [1.807, 2.05) is 0 Å². The van der Waals surface area contributed by atoms with E-state index in [2.05, 4.69) is 17.1 Å². The third kappa shape index (κ3) is 3.50. The Bertz CT molecular complexity index is 278. The summed E-state index contributed by atoms with van der Waals surface area (Å²) in [6.07, 6.45) is 9.02. The number of nitrogens with zero attached hydrogens (tertiary/aromatic N) is 1. The van der Waals surface area contributed by atoms with Gasteiger partial charge in [0, 0.05) is 38.8 Å². The second-order valence-corrected chi connectivity index (χ2v) is 6.84. The van der Waals surface area contributed by atoms with E-state index in [-0.39, 0.29) is 0 Å². The van der Waals surface area contributed by atoms with Crippen molar-refractivity contribution >= 4 is 0 Å². The smallest absolute Gasteiger partial charge is 0.0588 e. The number of piperazine rings is 1. The fourth-order valence-electron chi connectivity index (χ4n) is 4.21. The van der Waals surface area contributed by atoms with Crippen LogP contribution in [0.1, 0.15) is 45.4 Å². The SMILES string of the molecule is CC1OCCC1CN1CCNC(C2CCCCC2)C1. The quantitative estimate of drug-likeness (QED) is 0.848. The third-order valence-corrected chi connectivity index (χ3v) is 5.53. The molecular weight excluding hydrogens is 236 g/mol. The van der Waals surface area contributed by atoms with Crippen LogP contribution >= 0.6 is 0 Å². The Balaban J connectivity index is 1.49. The molecule has 2 aliphatic heterocycles. The molecule has 3 unspecified atom stereocenters. The summed E-state index contributed by atoms with van der Waals surface area (Å²) in [6, 6.07) is 0.756. The van der Waals surface area contributed by atoms with Crippen LogP contribution in [0, 0.1) is 11.8 Å². The summed E-state index contributed by atoms with van der Waals surface area (Å²) in [5, 5.41) is 3.78. The van der Waals surface area contributed by atoms with Crippen LogP contribution < -0.4 is 5.32 Å². The molecule has 3 fully saturated rings. The van der Waals surface area contributed by atoms with Gasteiger partial charge in [0.25, 0.3) is 0 Å². The van der Waals surface area contributed by atoms with Gasteiger partial charge in [-0.3, -0.25) is 0 Å². The van der Waals surface area contributed by atoms with Gasteiger partial charge in [-0.2, -0.15) is 0 Å². The van der Waals surface area contributed by atoms with Crippen molar-refractivity contribution in [2.45, 2.75) is 57.6 Å². The van der Waals surface area contributed by atoms with E-state index < -0.39 is 0 Å². The minimum atomic E-state index is 0.475. The molecule has 0 amide bonds. The van der Waals surface area contributed by atoms with Gasteiger partial charge in [0.2, 0.25) is 0 Å². The molecule has 19 heavy (non-hydrogen) atoms. The van der Waals surface area contributed by atoms with Crippen LogP contribution in [0.15, 0.2) is 0 Å². The highest BCUT2D eigenvalue weighted by molar-refractivity contribution is 4.87. The maximum atomic E-state index is 5.71. The van der Waals surface area contributed by atoms with Crippen molar-refractivity contribution in [2.75, 3.05) is 32.8 Å². The summed E-state index contributed by atoms with van der Waals surface area (Å²) < 4.78 is 5.71. The summed E-state index contributed by atoms with van der Waals surface area (Å²) in [5.41, 5.74) is 0. The monoisotopic (exact) mass is 266 g/mol. The minimum Gasteiger partial charge on any atom is -0.378 e. The lowest BCUT2D eigenvalue weighted by molar-refractivity contribution is 0.0795. The number of rotatable bonds is 3. The second kappa shape index (κ2) is 6.55. The Labute approximate surface area is 118 Å². The van der Waals surface area contributed by atoms with Gasteiger partial charge in [-0.25, -0.2) is 0 Å². The van der Waals surface area contributed by atoms with Gasteiger partial charge in [-0.15, -0.1) is 0 Å². The van der Waals surface area contributed by atoms with Crippen LogP contribution in [0.2, 0.25) is 0 Å². The molecule has 2 saturated heterocycles. The zero-order valence-corrected chi connectivity index (χ0v) is 12.4. The second-order valence-electron chi connectivity index (χ2n) is 6.84. The number of ether oxygens (including phenoxy) is 1. The Hall–Kier alpha value is -0.120. The predicted octanol–water partition coefficient (Wildman–Crippen LogP) is 2.27. The molecule has 2 heterocycles. The topological polar surface area (TPSA) is 24.5 Å². The molecule has 3 heteroatoms. The number of hydrogen-bond donors (Lipinski definition) is 1. The van der Waals surface area contributed by atoms with Crippen molar-refractivity contribution in [3.63, 3.8) is 0 Å². The molecule has 3 nitrogen and oxygen atoms in total. The molecule has 0 radical (unpaired) electrons. The lowest BCUT2D eigenvalue weighted by atomic mass is 9.83. The first-order chi connectivity index (χ1) is 9.33. The zero-order chi connectivity index (χ0) is 13.1. The van der Waals surface area contributed by atoms with Crippen molar-refractivity contribution in [3.05, 3.63) is 0 Å². The molecule has 1 N–H and O–H groups in total. The van der Waals surface area contributed by atoms with Crippen molar-refractivity contribution in [2.24, 2.45) is 11.8 Å². The van der Waals surface area contributed by atoms with E-state index in [1.54, 1.807) is 0 Å². The maximum absolute atomic E-state index is 5.71. The fraction of sp³-hybridized carbons (Fsp3) is 1.00. The van der Waals surface area contributed by atoms with E-state index >= 15 is 0 Å². The number of hydrogen-bond acceptors (Lipinski definition) is 3. The van der Waals surface area contributed by atoms with Crippen molar-refractivity contribution in [3.8, 4) is 0 Å². The van der Waals surface area contributed by atoms with Crippen LogP contribution in [0.25, 0.3) is 0 Å². The van der Waals surface area contributed by atoms with Crippen LogP contribution in [0.3, 0.4) is 0 Å². The first kappa shape index (κ1) is 13.8. The maximum Gasteiger partial charge on any atom is 0.0588 e. The molecule has 3 atom stereocenters. The van der Waals surface area contributed by atoms with Crippen LogP contribution in [-0.4, -0.2) is 49.8 Å². The lowest BCUT2D eigenvalue weighted by Crippen LogP contribution is -2.55. The molecule has 0 spiro atoms. The highest BCUT2D eigenvalue weighted by atomic mass is 16.5. The largest absolute Gasteiger partial charge is 0.378 e. The van der Waals surface area contributed by atoms with Gasteiger partial charge >= 0.3 is 0 Å². The van der Waals surface area contributed by atoms with Crippen molar-refractivity contribution in [1.29, 1.82) is 0 Å². The van der Waals surface area contributed by atoms with Crippen LogP contribution in [-0.2, 0) is 4.74 Å². The van der Waals surface area contributed by atoms with Gasteiger partial charge in [-0.1, -0.05) is 19.3 Å². The first-order valence-electron chi connectivity index (χ1n) is 8.40. The standard InChI is InChI=1S/C16H30N2O/c1-13-15(7-10-19-13)11-18-9-8-17-16(12-18)14-5-3-2-4-6-14/h13-17H,2-12H2,1H3. The molecule has 1 saturated carbocycles. The molecule has 0 aromatic rings. The molecule has 3 rings (SSSR count). The van der Waals surface area contributed by atoms with Crippen LogP contribution in [0.5, 0.6) is 0 Å². The fourth-order valence-corrected chi connectivity index (χ4v) is 4.21. The van der Waals surface area contributed by atoms with Gasteiger partial charge in [-0.05, 0) is 38.0 Å². The lowest BCUT2D eigenvalue weighted by Gasteiger charge is -2.40. The Kier molecular flexibility index (Phi) is 4.78. The van der Waals surface area contributed by atoms with Crippen molar-refractivity contribution < 1.29 is 4.74 Å². The molecule has 1 aliphatic carbocycles. The van der Waals surface area contributed by atoms with Gasteiger partial charge in [0.05, 0.1) is 6.10 Å².